The molecule has 2 unspecified atom stereocenters. The number of rotatable bonds is 3. The Bertz CT molecular complexity index is 958. The van der Waals surface area contributed by atoms with Gasteiger partial charge in [0.25, 0.3) is 0 Å². The van der Waals surface area contributed by atoms with Crippen LogP contribution >= 0.6 is 11.6 Å². The molecule has 7 heteroatoms. The number of amides is 1. The summed E-state index contributed by atoms with van der Waals surface area (Å²) >= 11 is 6.10. The molecular weight excluding hydrogens is 356 g/mol. The van der Waals surface area contributed by atoms with Crippen LogP contribution in [0.25, 0.3) is 0 Å². The van der Waals surface area contributed by atoms with Crippen LogP contribution < -0.4 is 10.9 Å². The van der Waals surface area contributed by atoms with Crippen LogP contribution in [0.1, 0.15) is 38.3 Å². The Morgan fingerprint density at radius 2 is 2.00 bits per heavy atom. The number of Topliss-reactive ketones (excluding diaryl/α,β-unsaturated/α-hetero) is 1. The highest BCUT2D eigenvalue weighted by molar-refractivity contribution is 6.31. The Hall–Kier alpha value is -2.70. The molecule has 132 valence electrons. The number of hydrogen-bond donors (Lipinski definition) is 2. The van der Waals surface area contributed by atoms with E-state index in [-0.39, 0.29) is 12.2 Å². The summed E-state index contributed by atoms with van der Waals surface area (Å²) in [5.74, 6) is -2.07. The lowest BCUT2D eigenvalue weighted by Gasteiger charge is -2.27. The maximum atomic E-state index is 12.7. The molecular formula is C19H15ClN2O4. The third kappa shape index (κ3) is 2.41. The molecule has 2 aromatic rings. The third-order valence-corrected chi connectivity index (χ3v) is 5.27. The third-order valence-electron chi connectivity index (χ3n) is 4.86. The van der Waals surface area contributed by atoms with Crippen molar-refractivity contribution in [2.24, 2.45) is 5.92 Å². The van der Waals surface area contributed by atoms with E-state index in [4.69, 9.17) is 16.3 Å². The van der Waals surface area contributed by atoms with Gasteiger partial charge in [0.2, 0.25) is 11.6 Å². The van der Waals surface area contributed by atoms with Crippen molar-refractivity contribution in [3.8, 4) is 0 Å². The number of ketones is 1. The van der Waals surface area contributed by atoms with Crippen LogP contribution in [0.3, 0.4) is 0 Å². The van der Waals surface area contributed by atoms with Gasteiger partial charge in [0, 0.05) is 22.6 Å². The number of nitrogens with one attached hydrogen (secondary N) is 2. The van der Waals surface area contributed by atoms with E-state index >= 15 is 0 Å². The molecule has 0 aliphatic carbocycles. The summed E-state index contributed by atoms with van der Waals surface area (Å²) in [4.78, 5) is 37.3. The number of esters is 1. The lowest BCUT2D eigenvalue weighted by atomic mass is 9.84. The molecule has 26 heavy (non-hydrogen) atoms. The van der Waals surface area contributed by atoms with E-state index in [0.29, 0.717) is 21.7 Å². The zero-order valence-corrected chi connectivity index (χ0v) is 14.6. The number of carbonyl (C=O) groups excluding carboxylic acids is 3. The maximum Gasteiger partial charge on any atom is 0.340 e. The van der Waals surface area contributed by atoms with Gasteiger partial charge >= 0.3 is 5.97 Å². The number of hydrazine groups is 1. The van der Waals surface area contributed by atoms with E-state index in [1.165, 1.54) is 0 Å². The van der Waals surface area contributed by atoms with Crippen LogP contribution in [0.2, 0.25) is 5.02 Å². The molecule has 2 aromatic carbocycles. The lowest BCUT2D eigenvalue weighted by Crippen LogP contribution is -2.45. The van der Waals surface area contributed by atoms with Crippen molar-refractivity contribution in [1.82, 2.24) is 10.9 Å². The summed E-state index contributed by atoms with van der Waals surface area (Å²) in [5.41, 5.74) is 6.09. The maximum absolute atomic E-state index is 12.7. The van der Waals surface area contributed by atoms with Crippen molar-refractivity contribution in [3.63, 3.8) is 0 Å². The van der Waals surface area contributed by atoms with Gasteiger partial charge in [0.05, 0.1) is 5.56 Å². The van der Waals surface area contributed by atoms with Gasteiger partial charge in [-0.1, -0.05) is 41.9 Å². The summed E-state index contributed by atoms with van der Waals surface area (Å²) in [6, 6.07) is 11.8. The van der Waals surface area contributed by atoms with E-state index in [1.807, 2.05) is 6.92 Å². The second kappa shape index (κ2) is 5.93. The molecule has 1 spiro atoms. The fourth-order valence-electron chi connectivity index (χ4n) is 3.41. The molecule has 1 amide bonds. The van der Waals surface area contributed by atoms with Gasteiger partial charge < -0.3 is 4.74 Å². The predicted octanol–water partition coefficient (Wildman–Crippen LogP) is 2.50. The number of benzene rings is 2. The van der Waals surface area contributed by atoms with Crippen LogP contribution in [0, 0.1) is 12.8 Å². The van der Waals surface area contributed by atoms with Crippen molar-refractivity contribution in [2.75, 3.05) is 0 Å². The Kier molecular flexibility index (Phi) is 3.82. The molecule has 0 radical (unpaired) electrons. The van der Waals surface area contributed by atoms with Gasteiger partial charge in [0.1, 0.15) is 5.92 Å². The number of hydrogen-bond acceptors (Lipinski definition) is 5. The number of fused-ring (bicyclic) bond motifs is 2. The molecule has 1 saturated heterocycles. The van der Waals surface area contributed by atoms with Crippen LogP contribution in [0.4, 0.5) is 0 Å². The van der Waals surface area contributed by atoms with Crippen molar-refractivity contribution in [2.45, 2.75) is 19.1 Å². The summed E-state index contributed by atoms with van der Waals surface area (Å²) in [5, 5.41) is 0.484. The molecule has 2 heterocycles. The standard InChI is InChI=1S/C19H15ClN2O4/c1-10-6-7-11(8-15(10)20)16(23)9-14-17(24)21-22-19(14)13-5-3-2-4-12(13)18(25)26-19/h2-8,14,22H,9H2,1H3,(H,21,24). The Balaban J connectivity index is 1.69. The second-order valence-electron chi connectivity index (χ2n) is 6.43. The van der Waals surface area contributed by atoms with E-state index < -0.39 is 23.5 Å². The molecule has 2 aliphatic heterocycles. The van der Waals surface area contributed by atoms with Gasteiger partial charge in [-0.05, 0) is 24.6 Å². The first-order valence-corrected chi connectivity index (χ1v) is 8.49. The monoisotopic (exact) mass is 370 g/mol. The van der Waals surface area contributed by atoms with E-state index in [9.17, 15) is 14.4 Å². The first-order chi connectivity index (χ1) is 12.4. The molecule has 4 rings (SSSR count). The van der Waals surface area contributed by atoms with E-state index in [1.54, 1.807) is 42.5 Å². The molecule has 0 aromatic heterocycles. The fraction of sp³-hybridized carbons (Fsp3) is 0.211. The van der Waals surface area contributed by atoms with Gasteiger partial charge in [0.15, 0.2) is 5.78 Å². The van der Waals surface area contributed by atoms with Gasteiger partial charge in [-0.2, -0.15) is 5.43 Å². The highest BCUT2D eigenvalue weighted by atomic mass is 35.5. The van der Waals surface area contributed by atoms with Crippen molar-refractivity contribution < 1.29 is 19.1 Å². The largest absolute Gasteiger partial charge is 0.433 e. The minimum absolute atomic E-state index is 0.125. The number of ether oxygens (including phenoxy) is 1. The molecule has 0 saturated carbocycles. The molecule has 6 nitrogen and oxygen atoms in total. The summed E-state index contributed by atoms with van der Waals surface area (Å²) < 4.78 is 5.53. The zero-order valence-electron chi connectivity index (χ0n) is 13.8. The van der Waals surface area contributed by atoms with Crippen molar-refractivity contribution in [1.29, 1.82) is 0 Å². The fourth-order valence-corrected chi connectivity index (χ4v) is 3.59. The predicted molar refractivity (Wildman–Crippen MR) is 93.4 cm³/mol. The molecule has 2 aliphatic rings. The normalized spacial score (nSPS) is 23.7. The van der Waals surface area contributed by atoms with Crippen molar-refractivity contribution in [3.05, 3.63) is 69.7 Å². The first kappa shape index (κ1) is 16.8. The smallest absolute Gasteiger partial charge is 0.340 e. The quantitative estimate of drug-likeness (QED) is 0.640. The van der Waals surface area contributed by atoms with Gasteiger partial charge in [-0.3, -0.25) is 15.0 Å². The van der Waals surface area contributed by atoms with Crippen LogP contribution in [-0.4, -0.2) is 17.7 Å². The average Bonchev–Trinajstić information content (AvgIpc) is 3.09. The summed E-state index contributed by atoms with van der Waals surface area (Å²) in [6.07, 6.45) is -0.125. The van der Waals surface area contributed by atoms with E-state index in [0.717, 1.165) is 5.56 Å². The zero-order chi connectivity index (χ0) is 18.5. The average molecular weight is 371 g/mol. The van der Waals surface area contributed by atoms with Crippen molar-refractivity contribution >= 4 is 29.3 Å². The number of halogens is 1. The Morgan fingerprint density at radius 3 is 2.77 bits per heavy atom. The van der Waals surface area contributed by atoms with Crippen LogP contribution in [0.5, 0.6) is 0 Å². The second-order valence-corrected chi connectivity index (χ2v) is 6.84. The summed E-state index contributed by atoms with van der Waals surface area (Å²) in [7, 11) is 0. The van der Waals surface area contributed by atoms with E-state index in [2.05, 4.69) is 10.9 Å². The van der Waals surface area contributed by atoms with Gasteiger partial charge in [-0.25, -0.2) is 4.79 Å². The first-order valence-electron chi connectivity index (χ1n) is 8.11. The van der Waals surface area contributed by atoms with Gasteiger partial charge in [-0.15, -0.1) is 0 Å². The molecule has 1 fully saturated rings. The minimum atomic E-state index is -1.38. The highest BCUT2D eigenvalue weighted by Gasteiger charge is 2.58. The molecule has 2 atom stereocenters. The molecule has 2 N–H and O–H groups in total. The Morgan fingerprint density at radius 1 is 1.23 bits per heavy atom. The van der Waals surface area contributed by atoms with Crippen LogP contribution in [0.15, 0.2) is 42.5 Å². The SMILES string of the molecule is Cc1ccc(C(=O)CC2C(=O)NNC23OC(=O)c2ccccc23)cc1Cl. The summed E-state index contributed by atoms with van der Waals surface area (Å²) in [6.45, 7) is 1.84. The topological polar surface area (TPSA) is 84.5 Å². The Labute approximate surface area is 154 Å². The highest BCUT2D eigenvalue weighted by Crippen LogP contribution is 2.43. The number of aryl methyl sites for hydroxylation is 1. The van der Waals surface area contributed by atoms with Crippen LogP contribution in [-0.2, 0) is 15.3 Å². The lowest BCUT2D eigenvalue weighted by molar-refractivity contribution is -0.126. The number of carbonyl (C=O) groups is 3. The molecule has 0 bridgehead atoms. The minimum Gasteiger partial charge on any atom is -0.433 e.